The van der Waals surface area contributed by atoms with Crippen LogP contribution in [0.5, 0.6) is 0 Å². The van der Waals surface area contributed by atoms with E-state index >= 15 is 0 Å². The van der Waals surface area contributed by atoms with Crippen LogP contribution in [0.1, 0.15) is 12.8 Å². The van der Waals surface area contributed by atoms with Gasteiger partial charge in [-0.25, -0.2) is 0 Å². The first-order valence-electron chi connectivity index (χ1n) is 9.44. The Balaban J connectivity index is 1.65. The summed E-state index contributed by atoms with van der Waals surface area (Å²) in [6, 6.07) is 6.85. The van der Waals surface area contributed by atoms with Crippen LogP contribution in [-0.2, 0) is 19.1 Å². The Morgan fingerprint density at radius 1 is 1.14 bits per heavy atom. The van der Waals surface area contributed by atoms with Gasteiger partial charge in [0.05, 0.1) is 34.4 Å². The molecule has 0 bridgehead atoms. The Kier molecular flexibility index (Phi) is 10.4. The summed E-state index contributed by atoms with van der Waals surface area (Å²) in [7, 11) is 7.27. The van der Waals surface area contributed by atoms with E-state index in [4.69, 9.17) is 9.47 Å². The van der Waals surface area contributed by atoms with Gasteiger partial charge in [-0.1, -0.05) is 21.6 Å². The second-order valence-electron chi connectivity index (χ2n) is 7.60. The SMILES string of the molecule is C[N+](C)(C)CC(=O)P(O)c1ccc(NC(=O)CCSSCCC2OCCO2)cc1. The van der Waals surface area contributed by atoms with Crippen LogP contribution in [0.15, 0.2) is 24.3 Å². The van der Waals surface area contributed by atoms with Gasteiger partial charge in [0.25, 0.3) is 0 Å². The number of ether oxygens (including phenoxy) is 2. The minimum absolute atomic E-state index is 0.0549. The molecule has 1 aliphatic heterocycles. The molecule has 1 aliphatic rings. The van der Waals surface area contributed by atoms with Crippen molar-refractivity contribution in [2.45, 2.75) is 19.1 Å². The fourth-order valence-electron chi connectivity index (χ4n) is 2.50. The molecule has 1 fully saturated rings. The summed E-state index contributed by atoms with van der Waals surface area (Å²) in [4.78, 5) is 34.5. The summed E-state index contributed by atoms with van der Waals surface area (Å²) in [6.07, 6.45) is 1.21. The number of amides is 1. The minimum atomic E-state index is -1.84. The number of likely N-dealkylation sites (N-methyl/N-ethyl adjacent to an activating group) is 1. The highest BCUT2D eigenvalue weighted by Crippen LogP contribution is 2.31. The first-order chi connectivity index (χ1) is 13.7. The zero-order valence-corrected chi connectivity index (χ0v) is 19.7. The van der Waals surface area contributed by atoms with Crippen molar-refractivity contribution in [1.82, 2.24) is 0 Å². The summed E-state index contributed by atoms with van der Waals surface area (Å²) >= 11 is 0. The minimum Gasteiger partial charge on any atom is -0.362 e. The van der Waals surface area contributed by atoms with Crippen LogP contribution in [0.3, 0.4) is 0 Å². The second kappa shape index (κ2) is 12.2. The van der Waals surface area contributed by atoms with E-state index in [1.165, 1.54) is 0 Å². The lowest BCUT2D eigenvalue weighted by atomic mass is 10.3. The molecule has 1 aromatic rings. The molecule has 29 heavy (non-hydrogen) atoms. The van der Waals surface area contributed by atoms with Gasteiger partial charge in [-0.05, 0) is 24.3 Å². The van der Waals surface area contributed by atoms with E-state index in [1.807, 2.05) is 21.1 Å². The van der Waals surface area contributed by atoms with Gasteiger partial charge < -0.3 is 24.2 Å². The molecule has 1 saturated heterocycles. The van der Waals surface area contributed by atoms with Crippen molar-refractivity contribution in [2.75, 3.05) is 57.7 Å². The van der Waals surface area contributed by atoms with Gasteiger partial charge in [-0.2, -0.15) is 0 Å². The third kappa shape index (κ3) is 9.79. The van der Waals surface area contributed by atoms with E-state index in [0.29, 0.717) is 35.1 Å². The number of rotatable bonds is 12. The van der Waals surface area contributed by atoms with E-state index in [9.17, 15) is 14.5 Å². The second-order valence-corrected chi connectivity index (χ2v) is 11.9. The number of hydrogen-bond acceptors (Lipinski definition) is 7. The summed E-state index contributed by atoms with van der Waals surface area (Å²) in [5.74, 6) is 1.60. The van der Waals surface area contributed by atoms with Gasteiger partial charge in [0.15, 0.2) is 6.29 Å². The fraction of sp³-hybridized carbons (Fsp3) is 0.579. The summed E-state index contributed by atoms with van der Waals surface area (Å²) in [5, 5.41) is 3.44. The van der Waals surface area contributed by atoms with Crippen LogP contribution in [-0.4, -0.2) is 79.5 Å². The molecule has 1 amide bonds. The summed E-state index contributed by atoms with van der Waals surface area (Å²) in [6.45, 7) is 1.63. The van der Waals surface area contributed by atoms with Crippen molar-refractivity contribution >= 4 is 52.2 Å². The molecule has 1 atom stereocenters. The lowest BCUT2D eigenvalue weighted by Gasteiger charge is -2.24. The van der Waals surface area contributed by atoms with Crippen LogP contribution < -0.4 is 10.6 Å². The highest BCUT2D eigenvalue weighted by molar-refractivity contribution is 8.76. The van der Waals surface area contributed by atoms with Gasteiger partial charge in [0.1, 0.15) is 14.7 Å². The Morgan fingerprint density at radius 3 is 2.38 bits per heavy atom. The van der Waals surface area contributed by atoms with Crippen molar-refractivity contribution in [3.05, 3.63) is 24.3 Å². The first kappa shape index (κ1) is 24.6. The molecule has 7 nitrogen and oxygen atoms in total. The van der Waals surface area contributed by atoms with Crippen molar-refractivity contribution in [1.29, 1.82) is 0 Å². The van der Waals surface area contributed by atoms with Gasteiger partial charge in [0, 0.05) is 35.3 Å². The number of hydrogen-bond donors (Lipinski definition) is 2. The van der Waals surface area contributed by atoms with Crippen molar-refractivity contribution in [3.8, 4) is 0 Å². The van der Waals surface area contributed by atoms with Gasteiger partial charge >= 0.3 is 0 Å². The smallest absolute Gasteiger partial charge is 0.239 e. The number of quaternary nitrogens is 1. The third-order valence-electron chi connectivity index (χ3n) is 3.86. The lowest BCUT2D eigenvalue weighted by Crippen LogP contribution is -2.39. The number of carbonyl (C=O) groups is 2. The molecule has 162 valence electrons. The molecule has 0 aliphatic carbocycles. The molecular weight excluding hydrogens is 431 g/mol. The topological polar surface area (TPSA) is 84.9 Å². The molecule has 2 N–H and O–H groups in total. The zero-order valence-electron chi connectivity index (χ0n) is 17.1. The van der Waals surface area contributed by atoms with Crippen LogP contribution in [0, 0.1) is 0 Å². The Labute approximate surface area is 181 Å². The molecule has 0 spiro atoms. The standard InChI is InChI=1S/C19H29N2O5PS2/c1-21(2,3)14-18(23)27(24)16-6-4-15(5-7-16)20-17(22)8-12-28-29-13-9-19-25-10-11-26-19/h4-7,19,24H,8-14H2,1-3H3/p+1. The van der Waals surface area contributed by atoms with Crippen LogP contribution in [0.2, 0.25) is 0 Å². The molecule has 0 saturated carbocycles. The molecule has 1 unspecified atom stereocenters. The van der Waals surface area contributed by atoms with Crippen LogP contribution in [0.4, 0.5) is 5.69 Å². The van der Waals surface area contributed by atoms with Gasteiger partial charge in [0.2, 0.25) is 11.4 Å². The number of anilines is 1. The predicted molar refractivity (Wildman–Crippen MR) is 122 cm³/mol. The average Bonchev–Trinajstić information content (AvgIpc) is 3.16. The van der Waals surface area contributed by atoms with Gasteiger partial charge in [-0.15, -0.1) is 0 Å². The number of benzene rings is 1. The van der Waals surface area contributed by atoms with E-state index in [0.717, 1.165) is 17.9 Å². The maximum atomic E-state index is 12.2. The van der Waals surface area contributed by atoms with Crippen molar-refractivity contribution in [2.24, 2.45) is 0 Å². The Hall–Kier alpha value is -0.670. The van der Waals surface area contributed by atoms with Crippen LogP contribution >= 0.6 is 29.7 Å². The van der Waals surface area contributed by atoms with E-state index in [2.05, 4.69) is 5.32 Å². The van der Waals surface area contributed by atoms with Crippen molar-refractivity contribution < 1.29 is 28.4 Å². The maximum Gasteiger partial charge on any atom is 0.239 e. The average molecular weight is 462 g/mol. The molecule has 0 aromatic heterocycles. The van der Waals surface area contributed by atoms with E-state index in [1.54, 1.807) is 45.9 Å². The molecule has 10 heteroatoms. The normalized spacial score (nSPS) is 16.0. The molecule has 0 radical (unpaired) electrons. The van der Waals surface area contributed by atoms with Crippen LogP contribution in [0.25, 0.3) is 0 Å². The zero-order chi connectivity index (χ0) is 21.3. The Morgan fingerprint density at radius 2 is 1.76 bits per heavy atom. The van der Waals surface area contributed by atoms with E-state index < -0.39 is 8.15 Å². The first-order valence-corrected chi connectivity index (χ1v) is 13.2. The number of carbonyl (C=O) groups excluding carboxylic acids is 2. The largest absolute Gasteiger partial charge is 0.362 e. The molecule has 1 aromatic carbocycles. The predicted octanol–water partition coefficient (Wildman–Crippen LogP) is 2.41. The highest BCUT2D eigenvalue weighted by Gasteiger charge is 2.24. The monoisotopic (exact) mass is 461 g/mol. The quantitative estimate of drug-likeness (QED) is 0.214. The summed E-state index contributed by atoms with van der Waals surface area (Å²) < 4.78 is 11.2. The molecule has 1 heterocycles. The molecular formula is C19H30N2O5PS2+. The lowest BCUT2D eigenvalue weighted by molar-refractivity contribution is -0.861. The summed E-state index contributed by atoms with van der Waals surface area (Å²) in [5.41, 5.74) is 0.499. The molecule has 2 rings (SSSR count). The van der Waals surface area contributed by atoms with Crippen molar-refractivity contribution in [3.63, 3.8) is 0 Å². The maximum absolute atomic E-state index is 12.2. The fourth-order valence-corrected chi connectivity index (χ4v) is 5.81. The van der Waals surface area contributed by atoms with Gasteiger partial charge in [-0.3, -0.25) is 9.59 Å². The number of nitrogens with zero attached hydrogens (tertiary/aromatic N) is 1. The number of nitrogens with one attached hydrogen (secondary N) is 1. The highest BCUT2D eigenvalue weighted by atomic mass is 33.1. The Bertz CT molecular complexity index is 664. The third-order valence-corrected chi connectivity index (χ3v) is 7.71. The van der Waals surface area contributed by atoms with E-state index in [-0.39, 0.29) is 24.3 Å².